The molecule has 1 unspecified atom stereocenters. The summed E-state index contributed by atoms with van der Waals surface area (Å²) < 4.78 is 0.855. The summed E-state index contributed by atoms with van der Waals surface area (Å²) in [6.07, 6.45) is 3.78. The van der Waals surface area contributed by atoms with E-state index in [0.717, 1.165) is 11.0 Å². The minimum absolute atomic E-state index is 0.125. The number of anilines is 1. The lowest BCUT2D eigenvalue weighted by molar-refractivity contribution is 0.318. The molecule has 1 heterocycles. The van der Waals surface area contributed by atoms with E-state index in [9.17, 15) is 0 Å². The summed E-state index contributed by atoms with van der Waals surface area (Å²) >= 11 is 3.48. The zero-order valence-electron chi connectivity index (χ0n) is 10.4. The Morgan fingerprint density at radius 3 is 2.89 bits per heavy atom. The molecule has 1 aromatic carbocycles. The van der Waals surface area contributed by atoms with Crippen molar-refractivity contribution in [2.24, 2.45) is 10.9 Å². The highest BCUT2D eigenvalue weighted by atomic mass is 79.9. The first-order valence-electron chi connectivity index (χ1n) is 6.17. The lowest BCUT2D eigenvalue weighted by atomic mass is 10.0. The average Bonchev–Trinajstić information content (AvgIpc) is 2.38. The van der Waals surface area contributed by atoms with Gasteiger partial charge < -0.3 is 15.8 Å². The number of rotatable bonds is 2. The molecule has 1 aliphatic rings. The second-order valence-corrected chi connectivity index (χ2v) is 5.54. The molecule has 3 N–H and O–H groups in total. The number of amidine groups is 1. The lowest BCUT2D eigenvalue weighted by Gasteiger charge is -2.35. The Balaban J connectivity index is 2.28. The van der Waals surface area contributed by atoms with Crippen molar-refractivity contribution in [1.29, 1.82) is 0 Å². The molecule has 0 amide bonds. The monoisotopic (exact) mass is 311 g/mol. The van der Waals surface area contributed by atoms with E-state index < -0.39 is 0 Å². The van der Waals surface area contributed by atoms with Gasteiger partial charge in [-0.15, -0.1) is 0 Å². The summed E-state index contributed by atoms with van der Waals surface area (Å²) in [5.41, 5.74) is 7.50. The highest BCUT2D eigenvalue weighted by Gasteiger charge is 2.19. The van der Waals surface area contributed by atoms with Gasteiger partial charge in [0.15, 0.2) is 5.84 Å². The number of oxime groups is 1. The van der Waals surface area contributed by atoms with E-state index in [1.165, 1.54) is 24.9 Å². The fraction of sp³-hybridized carbons (Fsp3) is 0.462. The van der Waals surface area contributed by atoms with Crippen LogP contribution in [0.2, 0.25) is 0 Å². The first-order valence-corrected chi connectivity index (χ1v) is 6.97. The predicted octanol–water partition coefficient (Wildman–Crippen LogP) is 2.92. The topological polar surface area (TPSA) is 61.8 Å². The summed E-state index contributed by atoms with van der Waals surface area (Å²) in [6.45, 7) is 3.35. The highest BCUT2D eigenvalue weighted by Crippen LogP contribution is 2.28. The molecule has 18 heavy (non-hydrogen) atoms. The number of halogens is 1. The smallest absolute Gasteiger partial charge is 0.171 e. The van der Waals surface area contributed by atoms with Crippen LogP contribution in [0.3, 0.4) is 0 Å². The van der Waals surface area contributed by atoms with Crippen LogP contribution in [0.5, 0.6) is 0 Å². The Morgan fingerprint density at radius 2 is 2.28 bits per heavy atom. The quantitative estimate of drug-likeness (QED) is 0.382. The van der Waals surface area contributed by atoms with Crippen LogP contribution in [0, 0.1) is 0 Å². The molecule has 98 valence electrons. The van der Waals surface area contributed by atoms with Crippen LogP contribution >= 0.6 is 15.9 Å². The average molecular weight is 312 g/mol. The molecule has 0 radical (unpaired) electrons. The van der Waals surface area contributed by atoms with Crippen LogP contribution in [0.25, 0.3) is 0 Å². The van der Waals surface area contributed by atoms with Crippen molar-refractivity contribution < 1.29 is 5.21 Å². The van der Waals surface area contributed by atoms with Crippen molar-refractivity contribution >= 4 is 27.5 Å². The maximum absolute atomic E-state index is 8.70. The van der Waals surface area contributed by atoms with E-state index in [1.54, 1.807) is 0 Å². The Morgan fingerprint density at radius 1 is 1.50 bits per heavy atom. The number of nitrogens with two attached hydrogens (primary N) is 1. The molecule has 0 saturated carbocycles. The molecular weight excluding hydrogens is 294 g/mol. The van der Waals surface area contributed by atoms with Gasteiger partial charge in [-0.2, -0.15) is 0 Å². The van der Waals surface area contributed by atoms with Gasteiger partial charge in [0, 0.05) is 28.3 Å². The fourth-order valence-corrected chi connectivity index (χ4v) is 3.00. The zero-order valence-corrected chi connectivity index (χ0v) is 12.0. The Labute approximate surface area is 116 Å². The maximum atomic E-state index is 8.70. The van der Waals surface area contributed by atoms with Gasteiger partial charge in [0.1, 0.15) is 0 Å². The van der Waals surface area contributed by atoms with Crippen molar-refractivity contribution in [3.8, 4) is 0 Å². The molecule has 0 aromatic heterocycles. The molecule has 0 spiro atoms. The number of piperidine rings is 1. The number of hydrogen-bond donors (Lipinski definition) is 2. The molecule has 1 atom stereocenters. The fourth-order valence-electron chi connectivity index (χ4n) is 2.43. The van der Waals surface area contributed by atoms with Crippen LogP contribution < -0.4 is 10.6 Å². The van der Waals surface area contributed by atoms with E-state index in [-0.39, 0.29) is 5.84 Å². The van der Waals surface area contributed by atoms with Crippen molar-refractivity contribution in [2.75, 3.05) is 11.4 Å². The van der Waals surface area contributed by atoms with E-state index in [4.69, 9.17) is 10.9 Å². The van der Waals surface area contributed by atoms with Crippen molar-refractivity contribution in [2.45, 2.75) is 32.2 Å². The predicted molar refractivity (Wildman–Crippen MR) is 77.3 cm³/mol. The summed E-state index contributed by atoms with van der Waals surface area (Å²) in [7, 11) is 0. The Kier molecular flexibility index (Phi) is 4.11. The normalized spacial score (nSPS) is 21.1. The van der Waals surface area contributed by atoms with Crippen molar-refractivity contribution in [3.05, 3.63) is 28.2 Å². The lowest BCUT2D eigenvalue weighted by Crippen LogP contribution is -2.37. The molecular formula is C13H18BrN3O. The van der Waals surface area contributed by atoms with Gasteiger partial charge in [-0.25, -0.2) is 0 Å². The summed E-state index contributed by atoms with van der Waals surface area (Å²) in [5, 5.41) is 11.7. The van der Waals surface area contributed by atoms with Gasteiger partial charge in [0.05, 0.1) is 0 Å². The number of benzene rings is 1. The van der Waals surface area contributed by atoms with Crippen LogP contribution in [-0.4, -0.2) is 23.6 Å². The largest absolute Gasteiger partial charge is 0.409 e. The first kappa shape index (κ1) is 13.2. The van der Waals surface area contributed by atoms with Crippen LogP contribution in [0.15, 0.2) is 27.8 Å². The first-order chi connectivity index (χ1) is 8.63. The molecule has 1 fully saturated rings. The van der Waals surface area contributed by atoms with Crippen LogP contribution in [-0.2, 0) is 0 Å². The summed E-state index contributed by atoms with van der Waals surface area (Å²) in [4.78, 5) is 2.41. The number of hydrogen-bond acceptors (Lipinski definition) is 3. The highest BCUT2D eigenvalue weighted by molar-refractivity contribution is 9.10. The molecule has 0 aliphatic carbocycles. The molecule has 1 aliphatic heterocycles. The summed E-state index contributed by atoms with van der Waals surface area (Å²) in [6, 6.07) is 6.52. The molecule has 1 aromatic rings. The third-order valence-electron chi connectivity index (χ3n) is 3.47. The van der Waals surface area contributed by atoms with Crippen LogP contribution in [0.1, 0.15) is 31.7 Å². The molecule has 2 rings (SSSR count). The van der Waals surface area contributed by atoms with Gasteiger partial charge in [-0.3, -0.25) is 0 Å². The number of nitrogens with zero attached hydrogens (tertiary/aromatic N) is 2. The second kappa shape index (κ2) is 5.61. The standard InChI is InChI=1S/C13H18BrN3O/c1-9-4-2-3-7-17(9)10-5-6-11(12(14)8-10)13(15)16-18/h5-6,8-9,18H,2-4,7H2,1H3,(H2,15,16). The minimum atomic E-state index is 0.125. The second-order valence-electron chi connectivity index (χ2n) is 4.69. The van der Waals surface area contributed by atoms with Crippen molar-refractivity contribution in [3.63, 3.8) is 0 Å². The molecule has 1 saturated heterocycles. The third-order valence-corrected chi connectivity index (χ3v) is 4.13. The summed E-state index contributed by atoms with van der Waals surface area (Å²) in [5.74, 6) is 0.125. The van der Waals surface area contributed by atoms with Gasteiger partial charge in [0.2, 0.25) is 0 Å². The Hall–Kier alpha value is -1.23. The van der Waals surface area contributed by atoms with E-state index in [0.29, 0.717) is 11.6 Å². The maximum Gasteiger partial charge on any atom is 0.171 e. The van der Waals surface area contributed by atoms with Crippen molar-refractivity contribution in [1.82, 2.24) is 0 Å². The van der Waals surface area contributed by atoms with Gasteiger partial charge in [0.25, 0.3) is 0 Å². The van der Waals surface area contributed by atoms with E-state index in [2.05, 4.69) is 32.9 Å². The zero-order chi connectivity index (χ0) is 13.1. The van der Waals surface area contributed by atoms with Gasteiger partial charge >= 0.3 is 0 Å². The van der Waals surface area contributed by atoms with E-state index in [1.807, 2.05) is 18.2 Å². The minimum Gasteiger partial charge on any atom is -0.409 e. The van der Waals surface area contributed by atoms with Crippen LogP contribution in [0.4, 0.5) is 5.69 Å². The Bertz CT molecular complexity index is 462. The SMILES string of the molecule is CC1CCCCN1c1ccc(/C(N)=N/O)c(Br)c1. The third kappa shape index (κ3) is 2.61. The van der Waals surface area contributed by atoms with E-state index >= 15 is 0 Å². The molecule has 0 bridgehead atoms. The van der Waals surface area contributed by atoms with Gasteiger partial charge in [-0.05, 0) is 60.3 Å². The van der Waals surface area contributed by atoms with Gasteiger partial charge in [-0.1, -0.05) is 5.16 Å². The molecule has 4 nitrogen and oxygen atoms in total. The molecule has 5 heteroatoms.